The molecule has 0 saturated carbocycles. The first-order valence-corrected chi connectivity index (χ1v) is 3.22. The highest BCUT2D eigenvalue weighted by Crippen LogP contribution is 1.68. The summed E-state index contributed by atoms with van der Waals surface area (Å²) < 4.78 is 0. The molecule has 0 radical (unpaired) electrons. The summed E-state index contributed by atoms with van der Waals surface area (Å²) in [7, 11) is 0. The second-order valence-electron chi connectivity index (χ2n) is 1.35. The van der Waals surface area contributed by atoms with Gasteiger partial charge in [0.05, 0.1) is 0 Å². The highest BCUT2D eigenvalue weighted by molar-refractivity contribution is 5.98. The summed E-state index contributed by atoms with van der Waals surface area (Å²) in [5.74, 6) is -1.11. The lowest BCUT2D eigenvalue weighted by Gasteiger charge is -1.68. The third kappa shape index (κ3) is 39.4. The van der Waals surface area contributed by atoms with E-state index in [2.05, 4.69) is 32.9 Å². The molecule has 0 spiro atoms. The van der Waals surface area contributed by atoms with Gasteiger partial charge in [-0.25, -0.2) is 4.79 Å². The van der Waals surface area contributed by atoms with Crippen LogP contribution in [0.15, 0.2) is 51.1 Å². The van der Waals surface area contributed by atoms with Crippen molar-refractivity contribution in [2.45, 2.75) is 0 Å². The van der Waals surface area contributed by atoms with E-state index in [0.29, 0.717) is 0 Å². The molecule has 3 heteroatoms. The molecule has 0 saturated heterocycles. The molecule has 0 rings (SSSR count). The SMILES string of the molecule is C=C.C=CC(=O)C=C.C=CC(=O)O. The quantitative estimate of drug-likeness (QED) is 0.536. The van der Waals surface area contributed by atoms with Gasteiger partial charge in [0.2, 0.25) is 0 Å². The third-order valence-corrected chi connectivity index (χ3v) is 0.577. The molecule has 0 unspecified atom stereocenters. The molecule has 3 nitrogen and oxygen atoms in total. The monoisotopic (exact) mass is 182 g/mol. The van der Waals surface area contributed by atoms with E-state index in [1.54, 1.807) is 0 Å². The van der Waals surface area contributed by atoms with E-state index in [1.165, 1.54) is 12.2 Å². The molecule has 0 bridgehead atoms. The first kappa shape index (κ1) is 17.3. The number of rotatable bonds is 3. The van der Waals surface area contributed by atoms with Crippen molar-refractivity contribution in [3.05, 3.63) is 51.1 Å². The Labute approximate surface area is 78.4 Å². The maximum atomic E-state index is 9.94. The molecule has 0 aromatic carbocycles. The first-order valence-electron chi connectivity index (χ1n) is 3.22. The molecule has 0 heterocycles. The molecular formula is C10H14O3. The smallest absolute Gasteiger partial charge is 0.327 e. The summed E-state index contributed by atoms with van der Waals surface area (Å²) in [5, 5.41) is 7.60. The van der Waals surface area contributed by atoms with Gasteiger partial charge < -0.3 is 5.11 Å². The Balaban J connectivity index is -0.000000131. The summed E-state index contributed by atoms with van der Waals surface area (Å²) in [6, 6.07) is 0. The molecule has 0 aliphatic heterocycles. The average molecular weight is 182 g/mol. The number of aliphatic carboxylic acids is 1. The van der Waals surface area contributed by atoms with E-state index in [-0.39, 0.29) is 5.78 Å². The van der Waals surface area contributed by atoms with Crippen molar-refractivity contribution >= 4 is 11.8 Å². The summed E-state index contributed by atoms with van der Waals surface area (Å²) in [6.07, 6.45) is 3.26. The number of ketones is 1. The number of hydrogen-bond donors (Lipinski definition) is 1. The van der Waals surface area contributed by atoms with Gasteiger partial charge in [0.15, 0.2) is 5.78 Å². The molecular weight excluding hydrogens is 168 g/mol. The van der Waals surface area contributed by atoms with Gasteiger partial charge >= 0.3 is 5.97 Å². The van der Waals surface area contributed by atoms with Crippen LogP contribution >= 0.6 is 0 Å². The maximum Gasteiger partial charge on any atom is 0.327 e. The second-order valence-corrected chi connectivity index (χ2v) is 1.35. The fourth-order valence-electron chi connectivity index (χ4n) is 0.0833. The van der Waals surface area contributed by atoms with Crippen molar-refractivity contribution in [1.82, 2.24) is 0 Å². The van der Waals surface area contributed by atoms with Crippen LogP contribution in [0.25, 0.3) is 0 Å². The van der Waals surface area contributed by atoms with E-state index in [1.807, 2.05) is 0 Å². The van der Waals surface area contributed by atoms with Gasteiger partial charge in [-0.1, -0.05) is 19.7 Å². The molecule has 0 aliphatic carbocycles. The zero-order valence-corrected chi connectivity index (χ0v) is 7.53. The normalized spacial score (nSPS) is 5.85. The Hall–Kier alpha value is -1.90. The summed E-state index contributed by atoms with van der Waals surface area (Å²) in [5.41, 5.74) is 0. The van der Waals surface area contributed by atoms with Crippen LogP contribution < -0.4 is 0 Å². The predicted molar refractivity (Wildman–Crippen MR) is 54.5 cm³/mol. The Bertz CT molecular complexity index is 182. The van der Waals surface area contributed by atoms with E-state index in [9.17, 15) is 9.59 Å². The Morgan fingerprint density at radius 2 is 1.15 bits per heavy atom. The molecule has 13 heavy (non-hydrogen) atoms. The average Bonchev–Trinajstić information content (AvgIpc) is 2.20. The van der Waals surface area contributed by atoms with Crippen LogP contribution in [-0.4, -0.2) is 16.9 Å². The molecule has 0 aromatic rings. The standard InChI is InChI=1S/C5H6O.C3H4O2.C2H4/c1-3-5(6)4-2;1-2-3(4)5;1-2/h3-4H,1-2H2;2H,1H2,(H,4,5);1-2H2. The number of carboxylic acid groups (broad SMARTS) is 1. The highest BCUT2D eigenvalue weighted by atomic mass is 16.4. The van der Waals surface area contributed by atoms with Crippen LogP contribution in [0, 0.1) is 0 Å². The number of carbonyl (C=O) groups is 2. The van der Waals surface area contributed by atoms with Gasteiger partial charge in [-0.15, -0.1) is 13.2 Å². The lowest BCUT2D eigenvalue weighted by Crippen LogP contribution is -1.82. The van der Waals surface area contributed by atoms with Crippen LogP contribution in [0.5, 0.6) is 0 Å². The van der Waals surface area contributed by atoms with Gasteiger partial charge in [-0.05, 0) is 12.2 Å². The lowest BCUT2D eigenvalue weighted by molar-refractivity contribution is -0.131. The molecule has 1 N–H and O–H groups in total. The fraction of sp³-hybridized carbons (Fsp3) is 0. The second kappa shape index (κ2) is 16.6. The van der Waals surface area contributed by atoms with E-state index < -0.39 is 5.97 Å². The number of hydrogen-bond acceptors (Lipinski definition) is 2. The van der Waals surface area contributed by atoms with Gasteiger partial charge in [0.25, 0.3) is 0 Å². The third-order valence-electron chi connectivity index (χ3n) is 0.577. The molecule has 0 fully saturated rings. The maximum absolute atomic E-state index is 9.94. The highest BCUT2D eigenvalue weighted by Gasteiger charge is 1.75. The lowest BCUT2D eigenvalue weighted by atomic mass is 10.4. The summed E-state index contributed by atoms with van der Waals surface area (Å²) in [4.78, 5) is 19.2. The minimum Gasteiger partial charge on any atom is -0.478 e. The van der Waals surface area contributed by atoms with Crippen LogP contribution in [0.4, 0.5) is 0 Å². The van der Waals surface area contributed by atoms with E-state index in [0.717, 1.165) is 6.08 Å². The van der Waals surface area contributed by atoms with E-state index >= 15 is 0 Å². The van der Waals surface area contributed by atoms with Crippen LogP contribution in [0.2, 0.25) is 0 Å². The zero-order valence-electron chi connectivity index (χ0n) is 7.53. The van der Waals surface area contributed by atoms with Gasteiger partial charge in [0, 0.05) is 6.08 Å². The minimum absolute atomic E-state index is 0.130. The van der Waals surface area contributed by atoms with Gasteiger partial charge in [-0.2, -0.15) is 0 Å². The van der Waals surface area contributed by atoms with Crippen LogP contribution in [-0.2, 0) is 9.59 Å². The number of carbonyl (C=O) groups excluding carboxylic acids is 1. The summed E-state index contributed by atoms with van der Waals surface area (Å²) in [6.45, 7) is 15.4. The fourth-order valence-corrected chi connectivity index (χ4v) is 0.0833. The van der Waals surface area contributed by atoms with Crippen molar-refractivity contribution in [3.63, 3.8) is 0 Å². The summed E-state index contributed by atoms with van der Waals surface area (Å²) >= 11 is 0. The van der Waals surface area contributed by atoms with E-state index in [4.69, 9.17) is 5.11 Å². The topological polar surface area (TPSA) is 54.4 Å². The zero-order chi connectivity index (χ0) is 11.3. The van der Waals surface area contributed by atoms with Crippen LogP contribution in [0.3, 0.4) is 0 Å². The molecule has 0 atom stereocenters. The molecule has 72 valence electrons. The minimum atomic E-state index is -0.981. The molecule has 0 aliphatic rings. The Morgan fingerprint density at radius 3 is 1.15 bits per heavy atom. The Morgan fingerprint density at radius 1 is 0.923 bits per heavy atom. The van der Waals surface area contributed by atoms with Crippen molar-refractivity contribution in [2.75, 3.05) is 0 Å². The largest absolute Gasteiger partial charge is 0.478 e. The number of carboxylic acids is 1. The van der Waals surface area contributed by atoms with Gasteiger partial charge in [0.1, 0.15) is 0 Å². The van der Waals surface area contributed by atoms with Crippen molar-refractivity contribution in [1.29, 1.82) is 0 Å². The molecule has 0 amide bonds. The molecule has 0 aromatic heterocycles. The van der Waals surface area contributed by atoms with Crippen molar-refractivity contribution < 1.29 is 14.7 Å². The predicted octanol–water partition coefficient (Wildman–Crippen LogP) is 1.99. The number of allylic oxidation sites excluding steroid dienone is 2. The van der Waals surface area contributed by atoms with Gasteiger partial charge in [-0.3, -0.25) is 4.79 Å². The van der Waals surface area contributed by atoms with Crippen LogP contribution in [0.1, 0.15) is 0 Å². The van der Waals surface area contributed by atoms with Crippen molar-refractivity contribution in [2.24, 2.45) is 0 Å². The first-order chi connectivity index (χ1) is 6.08. The Kier molecular flexibility index (Phi) is 22.0. The van der Waals surface area contributed by atoms with Crippen molar-refractivity contribution in [3.8, 4) is 0 Å².